The van der Waals surface area contributed by atoms with Gasteiger partial charge in [0.25, 0.3) is 5.56 Å². The molecule has 4 aromatic rings. The van der Waals surface area contributed by atoms with Crippen LogP contribution in [-0.2, 0) is 0 Å². The molecule has 0 bridgehead atoms. The van der Waals surface area contributed by atoms with Gasteiger partial charge < -0.3 is 9.84 Å². The van der Waals surface area contributed by atoms with Gasteiger partial charge in [-0.2, -0.15) is 0 Å². The maximum absolute atomic E-state index is 13.3. The number of rotatable bonds is 3. The third kappa shape index (κ3) is 2.90. The summed E-state index contributed by atoms with van der Waals surface area (Å²) in [6, 6.07) is 13.0. The maximum atomic E-state index is 13.3. The summed E-state index contributed by atoms with van der Waals surface area (Å²) in [5, 5.41) is 10.5. The van der Waals surface area contributed by atoms with Crippen molar-refractivity contribution in [3.05, 3.63) is 81.3 Å². The molecular weight excluding hydrogens is 365 g/mol. The number of aromatic nitrogens is 3. The number of hydrogen-bond donors (Lipinski definition) is 2. The average molecular weight is 379 g/mol. The van der Waals surface area contributed by atoms with Gasteiger partial charge in [-0.25, -0.2) is 18.7 Å². The molecule has 2 aromatic heterocycles. The Morgan fingerprint density at radius 2 is 1.82 bits per heavy atom. The summed E-state index contributed by atoms with van der Waals surface area (Å²) in [6.07, 6.45) is 0. The lowest BCUT2D eigenvalue weighted by molar-refractivity contribution is 0.408. The summed E-state index contributed by atoms with van der Waals surface area (Å²) in [4.78, 5) is 31.3. The number of benzene rings is 2. The molecule has 0 saturated heterocycles. The number of H-pyrrole nitrogens is 1. The van der Waals surface area contributed by atoms with Gasteiger partial charge in [0.2, 0.25) is 0 Å². The minimum absolute atomic E-state index is 0.0632. The van der Waals surface area contributed by atoms with Crippen LogP contribution in [0.5, 0.6) is 11.5 Å². The van der Waals surface area contributed by atoms with E-state index >= 15 is 0 Å². The van der Waals surface area contributed by atoms with Crippen molar-refractivity contribution in [2.24, 2.45) is 0 Å². The Kier molecular flexibility index (Phi) is 4.15. The molecule has 8 heteroatoms. The SMILES string of the molecule is COc1ccc(-c2ccc3c(=O)[nH]c(=O)n(-c4ccc(F)cc4)c3n2)c(O)c1. The topological polar surface area (TPSA) is 97.2 Å². The summed E-state index contributed by atoms with van der Waals surface area (Å²) in [5.74, 6) is -0.0456. The summed E-state index contributed by atoms with van der Waals surface area (Å²) >= 11 is 0. The van der Waals surface area contributed by atoms with E-state index < -0.39 is 17.1 Å². The van der Waals surface area contributed by atoms with Gasteiger partial charge in [0.1, 0.15) is 17.3 Å². The number of halogens is 1. The van der Waals surface area contributed by atoms with E-state index in [0.717, 1.165) is 0 Å². The highest BCUT2D eigenvalue weighted by Crippen LogP contribution is 2.32. The predicted octanol–water partition coefficient (Wildman–Crippen LogP) is 2.59. The Labute approximate surface area is 157 Å². The van der Waals surface area contributed by atoms with Crippen molar-refractivity contribution < 1.29 is 14.2 Å². The largest absolute Gasteiger partial charge is 0.507 e. The summed E-state index contributed by atoms with van der Waals surface area (Å²) in [7, 11) is 1.48. The molecule has 2 N–H and O–H groups in total. The molecule has 7 nitrogen and oxygen atoms in total. The molecular formula is C20H14FN3O4. The fourth-order valence-corrected chi connectivity index (χ4v) is 2.95. The average Bonchev–Trinajstić information content (AvgIpc) is 2.69. The summed E-state index contributed by atoms with van der Waals surface area (Å²) < 4.78 is 19.5. The van der Waals surface area contributed by atoms with Crippen LogP contribution in [0, 0.1) is 5.82 Å². The molecule has 0 aliphatic carbocycles. The minimum atomic E-state index is -0.701. The Balaban J connectivity index is 2.01. The second-order valence-electron chi connectivity index (χ2n) is 6.02. The van der Waals surface area contributed by atoms with Crippen LogP contribution in [0.4, 0.5) is 4.39 Å². The van der Waals surface area contributed by atoms with Crippen molar-refractivity contribution in [3.8, 4) is 28.4 Å². The van der Waals surface area contributed by atoms with Crippen molar-refractivity contribution >= 4 is 11.0 Å². The number of nitrogens with zero attached hydrogens (tertiary/aromatic N) is 2. The van der Waals surface area contributed by atoms with Gasteiger partial charge in [0, 0.05) is 11.6 Å². The van der Waals surface area contributed by atoms with E-state index in [2.05, 4.69) is 9.97 Å². The third-order valence-corrected chi connectivity index (χ3v) is 4.32. The second kappa shape index (κ2) is 6.66. The van der Waals surface area contributed by atoms with E-state index in [1.807, 2.05) is 0 Å². The first kappa shape index (κ1) is 17.5. The van der Waals surface area contributed by atoms with Crippen molar-refractivity contribution in [2.45, 2.75) is 0 Å². The highest BCUT2D eigenvalue weighted by atomic mass is 19.1. The number of nitrogens with one attached hydrogen (secondary N) is 1. The van der Waals surface area contributed by atoms with Gasteiger partial charge in [-0.05, 0) is 48.5 Å². The number of fused-ring (bicyclic) bond motifs is 1. The first-order valence-corrected chi connectivity index (χ1v) is 8.27. The fourth-order valence-electron chi connectivity index (χ4n) is 2.95. The van der Waals surface area contributed by atoms with Crippen LogP contribution in [0.3, 0.4) is 0 Å². The first-order valence-electron chi connectivity index (χ1n) is 8.27. The molecule has 28 heavy (non-hydrogen) atoms. The molecule has 140 valence electrons. The Bertz CT molecular complexity index is 1310. The molecule has 0 fully saturated rings. The molecule has 0 atom stereocenters. The van der Waals surface area contributed by atoms with Gasteiger partial charge in [0.05, 0.1) is 23.9 Å². The van der Waals surface area contributed by atoms with E-state index in [0.29, 0.717) is 22.7 Å². The molecule has 0 saturated carbocycles. The number of methoxy groups -OCH3 is 1. The van der Waals surface area contributed by atoms with E-state index in [9.17, 15) is 19.1 Å². The molecule has 0 spiro atoms. The zero-order valence-electron chi connectivity index (χ0n) is 14.6. The van der Waals surface area contributed by atoms with Crippen molar-refractivity contribution in [2.75, 3.05) is 7.11 Å². The Morgan fingerprint density at radius 1 is 1.07 bits per heavy atom. The van der Waals surface area contributed by atoms with Crippen LogP contribution in [0.1, 0.15) is 0 Å². The molecule has 0 aliphatic heterocycles. The number of aromatic hydroxyl groups is 1. The number of ether oxygens (including phenoxy) is 1. The van der Waals surface area contributed by atoms with Gasteiger partial charge in [-0.1, -0.05) is 0 Å². The normalized spacial score (nSPS) is 10.9. The molecule has 4 rings (SSSR count). The summed E-state index contributed by atoms with van der Waals surface area (Å²) in [5.41, 5.74) is -0.0944. The smallest absolute Gasteiger partial charge is 0.334 e. The van der Waals surface area contributed by atoms with E-state index in [4.69, 9.17) is 4.74 Å². The van der Waals surface area contributed by atoms with Crippen LogP contribution in [0.15, 0.2) is 64.2 Å². The second-order valence-corrected chi connectivity index (χ2v) is 6.02. The fraction of sp³-hybridized carbons (Fsp3) is 0.0500. The van der Waals surface area contributed by atoms with Crippen molar-refractivity contribution in [3.63, 3.8) is 0 Å². The highest BCUT2D eigenvalue weighted by molar-refractivity contribution is 5.80. The van der Waals surface area contributed by atoms with E-state index in [1.165, 1.54) is 48.1 Å². The van der Waals surface area contributed by atoms with Gasteiger partial charge in [-0.15, -0.1) is 0 Å². The molecule has 0 aliphatic rings. The quantitative estimate of drug-likeness (QED) is 0.570. The van der Waals surface area contributed by atoms with Gasteiger partial charge in [0.15, 0.2) is 5.65 Å². The lowest BCUT2D eigenvalue weighted by Crippen LogP contribution is -2.29. The number of aromatic amines is 1. The van der Waals surface area contributed by atoms with Crippen LogP contribution in [-0.4, -0.2) is 26.8 Å². The molecule has 0 radical (unpaired) electrons. The monoisotopic (exact) mass is 379 g/mol. The van der Waals surface area contributed by atoms with Crippen LogP contribution in [0.25, 0.3) is 28.0 Å². The van der Waals surface area contributed by atoms with Crippen LogP contribution < -0.4 is 16.0 Å². The van der Waals surface area contributed by atoms with Crippen molar-refractivity contribution in [1.82, 2.24) is 14.5 Å². The highest BCUT2D eigenvalue weighted by Gasteiger charge is 2.14. The van der Waals surface area contributed by atoms with E-state index in [1.54, 1.807) is 18.2 Å². The zero-order chi connectivity index (χ0) is 19.8. The number of phenolic OH excluding ortho intramolecular Hbond substituents is 1. The molecule has 0 amide bonds. The lowest BCUT2D eigenvalue weighted by atomic mass is 10.1. The van der Waals surface area contributed by atoms with Crippen LogP contribution >= 0.6 is 0 Å². The number of hydrogen-bond acceptors (Lipinski definition) is 5. The summed E-state index contributed by atoms with van der Waals surface area (Å²) in [6.45, 7) is 0. The zero-order valence-corrected chi connectivity index (χ0v) is 14.6. The van der Waals surface area contributed by atoms with Crippen LogP contribution in [0.2, 0.25) is 0 Å². The first-order chi connectivity index (χ1) is 13.5. The molecule has 0 unspecified atom stereocenters. The van der Waals surface area contributed by atoms with Gasteiger partial charge in [-0.3, -0.25) is 9.78 Å². The van der Waals surface area contributed by atoms with Crippen molar-refractivity contribution in [1.29, 1.82) is 0 Å². The maximum Gasteiger partial charge on any atom is 0.334 e. The minimum Gasteiger partial charge on any atom is -0.507 e. The molecule has 2 heterocycles. The molecule has 2 aromatic carbocycles. The standard InChI is InChI=1S/C20H14FN3O4/c1-28-13-6-7-14(17(25)10-13)16-9-8-15-18(22-16)24(20(27)23-19(15)26)12-4-2-11(21)3-5-12/h2-10,25H,1H3,(H,23,26,27). The predicted molar refractivity (Wildman–Crippen MR) is 102 cm³/mol. The third-order valence-electron chi connectivity index (χ3n) is 4.32. The number of phenols is 1. The Hall–Kier alpha value is -3.94. The lowest BCUT2D eigenvalue weighted by Gasteiger charge is -2.11. The Morgan fingerprint density at radius 3 is 2.50 bits per heavy atom. The van der Waals surface area contributed by atoms with Gasteiger partial charge >= 0.3 is 5.69 Å². The van der Waals surface area contributed by atoms with E-state index in [-0.39, 0.29) is 16.8 Å². The number of pyridine rings is 1.